The van der Waals surface area contributed by atoms with Crippen LogP contribution in [-0.2, 0) is 6.54 Å². The normalized spacial score (nSPS) is 9.75. The summed E-state index contributed by atoms with van der Waals surface area (Å²) in [6.45, 7) is 2.49. The maximum atomic E-state index is 9.01. The number of rotatable bonds is 3. The van der Waals surface area contributed by atoms with Crippen molar-refractivity contribution in [2.24, 2.45) is 0 Å². The summed E-state index contributed by atoms with van der Waals surface area (Å²) in [5.41, 5.74) is 2.53. The molecule has 0 spiro atoms. The smallest absolute Gasteiger partial charge is 0.144 e. The Balaban J connectivity index is 2.16. The van der Waals surface area contributed by atoms with Gasteiger partial charge in [-0.25, -0.2) is 4.98 Å². The van der Waals surface area contributed by atoms with E-state index in [0.717, 1.165) is 11.1 Å². The second kappa shape index (κ2) is 4.49. The van der Waals surface area contributed by atoms with E-state index in [1.165, 1.54) is 0 Å². The molecule has 80 valence electrons. The Hall–Kier alpha value is -2.28. The van der Waals surface area contributed by atoms with Crippen LogP contribution in [0.15, 0.2) is 35.3 Å². The molecular formula is C12H11N3O. The number of aromatic nitrogens is 1. The Labute approximate surface area is 93.5 Å². The lowest BCUT2D eigenvalue weighted by molar-refractivity contribution is 0.564. The largest absolute Gasteiger partial charge is 0.472 e. The maximum Gasteiger partial charge on any atom is 0.144 e. The molecule has 0 atom stereocenters. The van der Waals surface area contributed by atoms with Gasteiger partial charge in [-0.15, -0.1) is 0 Å². The minimum atomic E-state index is 0.589. The Morgan fingerprint density at radius 1 is 1.50 bits per heavy atom. The van der Waals surface area contributed by atoms with Crippen molar-refractivity contribution in [1.29, 1.82) is 5.26 Å². The summed E-state index contributed by atoms with van der Waals surface area (Å²) in [4.78, 5) is 4.15. The van der Waals surface area contributed by atoms with Crippen LogP contribution in [0.3, 0.4) is 0 Å². The van der Waals surface area contributed by atoms with Gasteiger partial charge in [0.2, 0.25) is 0 Å². The van der Waals surface area contributed by atoms with Crippen molar-refractivity contribution in [2.45, 2.75) is 13.5 Å². The average molecular weight is 213 g/mol. The second-order valence-electron chi connectivity index (χ2n) is 3.45. The van der Waals surface area contributed by atoms with E-state index in [1.807, 2.05) is 19.1 Å². The number of pyridine rings is 1. The molecule has 0 amide bonds. The van der Waals surface area contributed by atoms with E-state index in [1.54, 1.807) is 18.7 Å². The molecule has 0 aromatic carbocycles. The number of furan rings is 1. The molecule has 0 radical (unpaired) electrons. The Bertz CT molecular complexity index is 512. The molecule has 4 heteroatoms. The third kappa shape index (κ3) is 2.04. The molecule has 0 fully saturated rings. The molecule has 1 N–H and O–H groups in total. The number of aryl methyl sites for hydroxylation is 1. The van der Waals surface area contributed by atoms with Gasteiger partial charge in [0, 0.05) is 18.3 Å². The van der Waals surface area contributed by atoms with Gasteiger partial charge in [-0.3, -0.25) is 0 Å². The van der Waals surface area contributed by atoms with Crippen LogP contribution in [0.5, 0.6) is 0 Å². The van der Waals surface area contributed by atoms with Gasteiger partial charge >= 0.3 is 0 Å². The maximum absolute atomic E-state index is 9.01. The molecule has 2 aromatic rings. The highest BCUT2D eigenvalue weighted by molar-refractivity contribution is 5.55. The SMILES string of the molecule is Cc1ccnc(NCc2ccoc2)c1C#N. The van der Waals surface area contributed by atoms with Crippen LogP contribution in [0.25, 0.3) is 0 Å². The number of anilines is 1. The Morgan fingerprint density at radius 3 is 3.06 bits per heavy atom. The highest BCUT2D eigenvalue weighted by atomic mass is 16.3. The summed E-state index contributed by atoms with van der Waals surface area (Å²) < 4.78 is 4.96. The molecule has 0 saturated carbocycles. The van der Waals surface area contributed by atoms with Crippen molar-refractivity contribution in [3.63, 3.8) is 0 Å². The van der Waals surface area contributed by atoms with Crippen LogP contribution in [0.1, 0.15) is 16.7 Å². The van der Waals surface area contributed by atoms with Crippen molar-refractivity contribution < 1.29 is 4.42 Å². The van der Waals surface area contributed by atoms with Crippen molar-refractivity contribution in [3.8, 4) is 6.07 Å². The summed E-state index contributed by atoms with van der Waals surface area (Å²) in [5.74, 6) is 0.615. The molecule has 0 bridgehead atoms. The van der Waals surface area contributed by atoms with E-state index >= 15 is 0 Å². The lowest BCUT2D eigenvalue weighted by atomic mass is 10.1. The number of hydrogen-bond donors (Lipinski definition) is 1. The molecule has 0 aliphatic heterocycles. The summed E-state index contributed by atoms with van der Waals surface area (Å²) >= 11 is 0. The van der Waals surface area contributed by atoms with Crippen LogP contribution in [-0.4, -0.2) is 4.98 Å². The number of hydrogen-bond acceptors (Lipinski definition) is 4. The molecule has 0 saturated heterocycles. The highest BCUT2D eigenvalue weighted by Crippen LogP contribution is 2.16. The van der Waals surface area contributed by atoms with Crippen LogP contribution in [0.4, 0.5) is 5.82 Å². The van der Waals surface area contributed by atoms with E-state index < -0.39 is 0 Å². The first-order valence-electron chi connectivity index (χ1n) is 4.92. The van der Waals surface area contributed by atoms with Crippen LogP contribution < -0.4 is 5.32 Å². The van der Waals surface area contributed by atoms with E-state index in [2.05, 4.69) is 16.4 Å². The van der Waals surface area contributed by atoms with Crippen molar-refractivity contribution in [1.82, 2.24) is 4.98 Å². The van der Waals surface area contributed by atoms with Gasteiger partial charge in [0.1, 0.15) is 11.9 Å². The van der Waals surface area contributed by atoms with Crippen molar-refractivity contribution in [2.75, 3.05) is 5.32 Å². The van der Waals surface area contributed by atoms with Crippen LogP contribution in [0, 0.1) is 18.3 Å². The summed E-state index contributed by atoms with van der Waals surface area (Å²) in [6, 6.07) is 5.84. The topological polar surface area (TPSA) is 61.9 Å². The number of nitriles is 1. The predicted octanol–water partition coefficient (Wildman–Crippen LogP) is 2.47. The third-order valence-corrected chi connectivity index (χ3v) is 2.31. The quantitative estimate of drug-likeness (QED) is 0.850. The van der Waals surface area contributed by atoms with E-state index in [0.29, 0.717) is 17.9 Å². The first-order valence-corrected chi connectivity index (χ1v) is 4.92. The van der Waals surface area contributed by atoms with E-state index in [-0.39, 0.29) is 0 Å². The molecule has 0 aliphatic carbocycles. The van der Waals surface area contributed by atoms with Gasteiger partial charge in [-0.05, 0) is 24.6 Å². The zero-order valence-corrected chi connectivity index (χ0v) is 8.90. The molecule has 16 heavy (non-hydrogen) atoms. The van der Waals surface area contributed by atoms with Gasteiger partial charge in [0.25, 0.3) is 0 Å². The fraction of sp³-hybridized carbons (Fsp3) is 0.167. The molecule has 2 heterocycles. The molecule has 0 aliphatic rings. The first kappa shape index (κ1) is 10.2. The number of nitrogens with zero attached hydrogens (tertiary/aromatic N) is 2. The Kier molecular flexibility index (Phi) is 2.88. The lowest BCUT2D eigenvalue weighted by Crippen LogP contribution is -2.03. The van der Waals surface area contributed by atoms with Crippen LogP contribution >= 0.6 is 0 Å². The van der Waals surface area contributed by atoms with Gasteiger partial charge in [-0.2, -0.15) is 5.26 Å². The van der Waals surface area contributed by atoms with Gasteiger partial charge < -0.3 is 9.73 Å². The fourth-order valence-corrected chi connectivity index (χ4v) is 1.41. The third-order valence-electron chi connectivity index (χ3n) is 2.31. The molecule has 2 aromatic heterocycles. The fourth-order valence-electron chi connectivity index (χ4n) is 1.41. The number of nitrogens with one attached hydrogen (secondary N) is 1. The molecular weight excluding hydrogens is 202 g/mol. The minimum Gasteiger partial charge on any atom is -0.472 e. The Morgan fingerprint density at radius 2 is 2.38 bits per heavy atom. The zero-order valence-electron chi connectivity index (χ0n) is 8.90. The van der Waals surface area contributed by atoms with Crippen molar-refractivity contribution >= 4 is 5.82 Å². The molecule has 4 nitrogen and oxygen atoms in total. The zero-order chi connectivity index (χ0) is 11.4. The lowest BCUT2D eigenvalue weighted by Gasteiger charge is -2.06. The molecule has 2 rings (SSSR count). The molecule has 0 unspecified atom stereocenters. The predicted molar refractivity (Wildman–Crippen MR) is 59.7 cm³/mol. The second-order valence-corrected chi connectivity index (χ2v) is 3.45. The summed E-state index contributed by atoms with van der Waals surface area (Å²) in [5, 5.41) is 12.1. The standard InChI is InChI=1S/C12H11N3O/c1-9-2-4-14-12(11(9)6-13)15-7-10-3-5-16-8-10/h2-5,8H,7H2,1H3,(H,14,15). The summed E-state index contributed by atoms with van der Waals surface area (Å²) in [7, 11) is 0. The van der Waals surface area contributed by atoms with Crippen molar-refractivity contribution in [3.05, 3.63) is 47.5 Å². The van der Waals surface area contributed by atoms with E-state index in [4.69, 9.17) is 9.68 Å². The van der Waals surface area contributed by atoms with Gasteiger partial charge in [-0.1, -0.05) is 0 Å². The highest BCUT2D eigenvalue weighted by Gasteiger charge is 2.05. The minimum absolute atomic E-state index is 0.589. The van der Waals surface area contributed by atoms with Gasteiger partial charge in [0.15, 0.2) is 0 Å². The monoisotopic (exact) mass is 213 g/mol. The van der Waals surface area contributed by atoms with E-state index in [9.17, 15) is 0 Å². The van der Waals surface area contributed by atoms with Gasteiger partial charge in [0.05, 0.1) is 18.1 Å². The van der Waals surface area contributed by atoms with Crippen LogP contribution in [0.2, 0.25) is 0 Å². The average Bonchev–Trinajstić information content (AvgIpc) is 2.79. The summed E-state index contributed by atoms with van der Waals surface area (Å²) in [6.07, 6.45) is 4.97. The first-order chi connectivity index (χ1) is 7.81.